The lowest BCUT2D eigenvalue weighted by atomic mass is 9.82. The second-order valence-electron chi connectivity index (χ2n) is 7.09. The average molecular weight is 301 g/mol. The zero-order valence-electron chi connectivity index (χ0n) is 17.6. The summed E-state index contributed by atoms with van der Waals surface area (Å²) in [6.07, 6.45) is 4.27. The highest BCUT2D eigenvalue weighted by atomic mass is 14.3. The Balaban J connectivity index is -0.000000271. The fraction of sp³-hybridized carbons (Fsp3) is 1.00. The standard InChI is InChI=1S/C11H24.C6H12.2C2H6/c1-8(2)7-10(5)11(6)9(3)4;1-3-6-4-5(6)2;2*1-2/h8-11H,7H2,1-6H3;5-6H,3-4H2,1-2H3;2*1-2H3. The van der Waals surface area contributed by atoms with Crippen molar-refractivity contribution >= 4 is 0 Å². The molecule has 21 heavy (non-hydrogen) atoms. The molecule has 0 heteroatoms. The van der Waals surface area contributed by atoms with Crippen LogP contribution in [-0.2, 0) is 0 Å². The van der Waals surface area contributed by atoms with Gasteiger partial charge in [0.05, 0.1) is 0 Å². The summed E-state index contributed by atoms with van der Waals surface area (Å²) in [5, 5.41) is 0. The van der Waals surface area contributed by atoms with Gasteiger partial charge in [0.1, 0.15) is 0 Å². The van der Waals surface area contributed by atoms with Crippen LogP contribution in [0.3, 0.4) is 0 Å². The van der Waals surface area contributed by atoms with Crippen LogP contribution in [0.5, 0.6) is 0 Å². The Labute approximate surface area is 138 Å². The molecule has 0 aliphatic heterocycles. The Morgan fingerprint density at radius 1 is 0.857 bits per heavy atom. The first-order valence-corrected chi connectivity index (χ1v) is 9.79. The summed E-state index contributed by atoms with van der Waals surface area (Å²) in [7, 11) is 0. The molecule has 4 atom stereocenters. The zero-order chi connectivity index (χ0) is 17.6. The van der Waals surface area contributed by atoms with Crippen molar-refractivity contribution in [2.75, 3.05) is 0 Å². The summed E-state index contributed by atoms with van der Waals surface area (Å²) in [6, 6.07) is 0. The van der Waals surface area contributed by atoms with E-state index in [4.69, 9.17) is 0 Å². The van der Waals surface area contributed by atoms with Crippen LogP contribution in [0.4, 0.5) is 0 Å². The molecule has 0 spiro atoms. The lowest BCUT2D eigenvalue weighted by Gasteiger charge is -2.24. The maximum atomic E-state index is 2.38. The average Bonchev–Trinajstić information content (AvgIpc) is 3.18. The molecule has 1 fully saturated rings. The number of hydrogen-bond acceptors (Lipinski definition) is 0. The topological polar surface area (TPSA) is 0 Å². The van der Waals surface area contributed by atoms with E-state index in [1.165, 1.54) is 19.3 Å². The summed E-state index contributed by atoms with van der Waals surface area (Å²) >= 11 is 0. The predicted octanol–water partition coefficient (Wildman–Crippen LogP) is 8.07. The lowest BCUT2D eigenvalue weighted by molar-refractivity contribution is 0.258. The van der Waals surface area contributed by atoms with Crippen LogP contribution in [0, 0.1) is 35.5 Å². The van der Waals surface area contributed by atoms with Crippen molar-refractivity contribution in [1.29, 1.82) is 0 Å². The molecule has 0 aromatic rings. The van der Waals surface area contributed by atoms with E-state index < -0.39 is 0 Å². The van der Waals surface area contributed by atoms with Gasteiger partial charge >= 0.3 is 0 Å². The third-order valence-electron chi connectivity index (χ3n) is 4.59. The van der Waals surface area contributed by atoms with Gasteiger partial charge in [-0.1, -0.05) is 89.5 Å². The van der Waals surface area contributed by atoms with Gasteiger partial charge in [-0.05, 0) is 48.3 Å². The molecule has 0 aromatic heterocycles. The van der Waals surface area contributed by atoms with E-state index in [-0.39, 0.29) is 0 Å². The van der Waals surface area contributed by atoms with Crippen molar-refractivity contribution < 1.29 is 0 Å². The highest BCUT2D eigenvalue weighted by Gasteiger charge is 2.29. The molecule has 4 unspecified atom stereocenters. The summed E-state index contributed by atoms with van der Waals surface area (Å²) in [4.78, 5) is 0. The van der Waals surface area contributed by atoms with Crippen LogP contribution >= 0.6 is 0 Å². The van der Waals surface area contributed by atoms with Gasteiger partial charge in [-0.15, -0.1) is 0 Å². The molecule has 1 saturated carbocycles. The van der Waals surface area contributed by atoms with Crippen molar-refractivity contribution in [3.63, 3.8) is 0 Å². The van der Waals surface area contributed by atoms with Crippen molar-refractivity contribution in [2.45, 2.75) is 102 Å². The summed E-state index contributed by atoms with van der Waals surface area (Å²) in [5.41, 5.74) is 0. The lowest BCUT2D eigenvalue weighted by Crippen LogP contribution is -2.15. The Morgan fingerprint density at radius 3 is 1.38 bits per heavy atom. The molecule has 0 bridgehead atoms. The van der Waals surface area contributed by atoms with E-state index in [1.807, 2.05) is 27.7 Å². The molecule has 1 rings (SSSR count). The molecule has 0 N–H and O–H groups in total. The third kappa shape index (κ3) is 16.2. The first-order chi connectivity index (χ1) is 9.79. The Hall–Kier alpha value is 0. The van der Waals surface area contributed by atoms with Crippen molar-refractivity contribution in [1.82, 2.24) is 0 Å². The molecule has 0 amide bonds. The van der Waals surface area contributed by atoms with E-state index in [0.29, 0.717) is 0 Å². The fourth-order valence-corrected chi connectivity index (χ4v) is 2.58. The summed E-state index contributed by atoms with van der Waals surface area (Å²) in [6.45, 7) is 26.6. The van der Waals surface area contributed by atoms with Gasteiger partial charge in [-0.2, -0.15) is 0 Å². The van der Waals surface area contributed by atoms with Gasteiger partial charge in [-0.3, -0.25) is 0 Å². The van der Waals surface area contributed by atoms with Gasteiger partial charge in [0.2, 0.25) is 0 Å². The van der Waals surface area contributed by atoms with Gasteiger partial charge in [0.15, 0.2) is 0 Å². The second kappa shape index (κ2) is 16.4. The predicted molar refractivity (Wildman–Crippen MR) is 103 cm³/mol. The minimum Gasteiger partial charge on any atom is -0.0683 e. The fourth-order valence-electron chi connectivity index (χ4n) is 2.58. The van der Waals surface area contributed by atoms with E-state index in [9.17, 15) is 0 Å². The Morgan fingerprint density at radius 2 is 1.24 bits per heavy atom. The Bertz CT molecular complexity index is 178. The zero-order valence-corrected chi connectivity index (χ0v) is 17.6. The molecule has 0 aromatic carbocycles. The Kier molecular flexibility index (Phi) is 20.2. The smallest absolute Gasteiger partial charge is 0.0388 e. The normalized spacial score (nSPS) is 22.0. The molecule has 0 nitrogen and oxygen atoms in total. The number of rotatable bonds is 5. The summed E-state index contributed by atoms with van der Waals surface area (Å²) < 4.78 is 0. The van der Waals surface area contributed by atoms with E-state index in [1.54, 1.807) is 0 Å². The van der Waals surface area contributed by atoms with Gasteiger partial charge in [0.25, 0.3) is 0 Å². The van der Waals surface area contributed by atoms with Crippen molar-refractivity contribution in [2.24, 2.45) is 35.5 Å². The monoisotopic (exact) mass is 300 g/mol. The van der Waals surface area contributed by atoms with Crippen molar-refractivity contribution in [3.05, 3.63) is 0 Å². The molecule has 1 aliphatic rings. The maximum Gasteiger partial charge on any atom is -0.0388 e. The number of hydrogen-bond donors (Lipinski definition) is 0. The maximum absolute atomic E-state index is 2.38. The first-order valence-electron chi connectivity index (χ1n) is 9.79. The minimum absolute atomic E-state index is 0.837. The van der Waals surface area contributed by atoms with Gasteiger partial charge in [-0.25, -0.2) is 0 Å². The third-order valence-corrected chi connectivity index (χ3v) is 4.59. The van der Waals surface area contributed by atoms with E-state index in [2.05, 4.69) is 55.4 Å². The summed E-state index contributed by atoms with van der Waals surface area (Å²) in [5.74, 6) is 5.61. The quantitative estimate of drug-likeness (QED) is 0.481. The highest BCUT2D eigenvalue weighted by Crippen LogP contribution is 2.39. The van der Waals surface area contributed by atoms with Gasteiger partial charge in [0, 0.05) is 0 Å². The second-order valence-corrected chi connectivity index (χ2v) is 7.09. The molecule has 0 saturated heterocycles. The molecule has 0 radical (unpaired) electrons. The van der Waals surface area contributed by atoms with Crippen molar-refractivity contribution in [3.8, 4) is 0 Å². The minimum atomic E-state index is 0.837. The first kappa shape index (κ1) is 25.9. The largest absolute Gasteiger partial charge is 0.0683 e. The van der Waals surface area contributed by atoms with Crippen LogP contribution in [0.15, 0.2) is 0 Å². The highest BCUT2D eigenvalue weighted by molar-refractivity contribution is 4.80. The molecular formula is C21H48. The van der Waals surface area contributed by atoms with E-state index >= 15 is 0 Å². The molecule has 132 valence electrons. The molecule has 1 aliphatic carbocycles. The molecule has 0 heterocycles. The van der Waals surface area contributed by atoms with Crippen LogP contribution in [0.25, 0.3) is 0 Å². The van der Waals surface area contributed by atoms with E-state index in [0.717, 1.165) is 35.5 Å². The van der Waals surface area contributed by atoms with Crippen LogP contribution in [0.1, 0.15) is 102 Å². The van der Waals surface area contributed by atoms with Crippen LogP contribution in [0.2, 0.25) is 0 Å². The van der Waals surface area contributed by atoms with Gasteiger partial charge < -0.3 is 0 Å². The van der Waals surface area contributed by atoms with Crippen LogP contribution in [-0.4, -0.2) is 0 Å². The SMILES string of the molecule is CC.CC.CC(C)CC(C)C(C)C(C)C.CCC1CC1C. The molecular weight excluding hydrogens is 252 g/mol. The van der Waals surface area contributed by atoms with Crippen LogP contribution < -0.4 is 0 Å².